The molecule has 2 aromatic carbocycles. The van der Waals surface area contributed by atoms with Gasteiger partial charge in [0, 0.05) is 11.6 Å². The lowest BCUT2D eigenvalue weighted by Crippen LogP contribution is -2.13. The Balaban J connectivity index is 2.25. The molecule has 0 aliphatic heterocycles. The van der Waals surface area contributed by atoms with Crippen LogP contribution in [0, 0.1) is 5.82 Å². The van der Waals surface area contributed by atoms with Crippen molar-refractivity contribution in [3.05, 3.63) is 58.9 Å². The van der Waals surface area contributed by atoms with Gasteiger partial charge in [0.1, 0.15) is 5.82 Å². The monoisotopic (exact) mass is 328 g/mol. The summed E-state index contributed by atoms with van der Waals surface area (Å²) in [5.41, 5.74) is 1.05. The maximum atomic E-state index is 13.2. The van der Waals surface area contributed by atoms with Crippen molar-refractivity contribution in [3.8, 4) is 0 Å². The quantitative estimate of drug-likeness (QED) is 0.887. The molecule has 0 bridgehead atoms. The number of anilines is 1. The number of sulfonamides is 1. The van der Waals surface area contributed by atoms with Crippen LogP contribution in [0.4, 0.5) is 10.1 Å². The predicted octanol–water partition coefficient (Wildman–Crippen LogP) is 3.00. The Morgan fingerprint density at radius 1 is 1.14 bits per heavy atom. The van der Waals surface area contributed by atoms with E-state index in [9.17, 15) is 12.8 Å². The summed E-state index contributed by atoms with van der Waals surface area (Å²) in [6.07, 6.45) is 0. The van der Waals surface area contributed by atoms with Crippen LogP contribution >= 0.6 is 11.6 Å². The average molecular weight is 329 g/mol. The zero-order valence-corrected chi connectivity index (χ0v) is 12.8. The summed E-state index contributed by atoms with van der Waals surface area (Å²) in [5, 5.41) is 3.10. The standard InChI is InChI=1S/C14H14ClFN2O2S/c1-17-9-10-2-4-14(5-3-10)21(19,20)18-13-7-11(15)6-12(16)8-13/h2-8,17-18H,9H2,1H3. The van der Waals surface area contributed by atoms with Crippen molar-refractivity contribution in [3.63, 3.8) is 0 Å². The van der Waals surface area contributed by atoms with Crippen molar-refractivity contribution in [2.45, 2.75) is 11.4 Å². The fourth-order valence-electron chi connectivity index (χ4n) is 1.82. The van der Waals surface area contributed by atoms with Crippen LogP contribution in [0.15, 0.2) is 47.4 Å². The molecule has 2 rings (SSSR count). The molecule has 0 atom stereocenters. The van der Waals surface area contributed by atoms with E-state index in [0.29, 0.717) is 6.54 Å². The average Bonchev–Trinajstić information content (AvgIpc) is 2.38. The van der Waals surface area contributed by atoms with Crippen LogP contribution in [0.2, 0.25) is 5.02 Å². The first-order valence-electron chi connectivity index (χ1n) is 6.13. The minimum Gasteiger partial charge on any atom is -0.316 e. The smallest absolute Gasteiger partial charge is 0.261 e. The number of nitrogens with one attached hydrogen (secondary N) is 2. The minimum absolute atomic E-state index is 0.0827. The number of hydrogen-bond donors (Lipinski definition) is 2. The van der Waals surface area contributed by atoms with E-state index in [0.717, 1.165) is 17.7 Å². The third-order valence-electron chi connectivity index (χ3n) is 2.73. The van der Waals surface area contributed by atoms with Crippen LogP contribution in [-0.4, -0.2) is 15.5 Å². The zero-order chi connectivity index (χ0) is 15.5. The van der Waals surface area contributed by atoms with Crippen molar-refractivity contribution in [1.82, 2.24) is 5.32 Å². The molecule has 0 radical (unpaired) electrons. The molecule has 2 aromatic rings. The molecule has 0 heterocycles. The van der Waals surface area contributed by atoms with Crippen LogP contribution in [0.3, 0.4) is 0 Å². The summed E-state index contributed by atoms with van der Waals surface area (Å²) in [4.78, 5) is 0.0998. The number of benzene rings is 2. The molecule has 0 aromatic heterocycles. The maximum Gasteiger partial charge on any atom is 0.261 e. The summed E-state index contributed by atoms with van der Waals surface area (Å²) in [7, 11) is -1.97. The van der Waals surface area contributed by atoms with Crippen molar-refractivity contribution in [2.24, 2.45) is 0 Å². The van der Waals surface area contributed by atoms with E-state index in [4.69, 9.17) is 11.6 Å². The second-order valence-corrected chi connectivity index (χ2v) is 6.56. The Kier molecular flexibility index (Phi) is 4.82. The van der Waals surface area contributed by atoms with Crippen LogP contribution in [0.5, 0.6) is 0 Å². The largest absolute Gasteiger partial charge is 0.316 e. The normalized spacial score (nSPS) is 11.4. The second kappa shape index (κ2) is 6.43. The second-order valence-electron chi connectivity index (χ2n) is 4.44. The lowest BCUT2D eigenvalue weighted by atomic mass is 10.2. The van der Waals surface area contributed by atoms with E-state index in [1.165, 1.54) is 18.2 Å². The molecule has 0 aliphatic rings. The molecule has 0 amide bonds. The van der Waals surface area contributed by atoms with Gasteiger partial charge in [0.25, 0.3) is 10.0 Å². The van der Waals surface area contributed by atoms with E-state index < -0.39 is 15.8 Å². The van der Waals surface area contributed by atoms with E-state index >= 15 is 0 Å². The molecular weight excluding hydrogens is 315 g/mol. The molecule has 0 saturated carbocycles. The van der Waals surface area contributed by atoms with Crippen molar-refractivity contribution >= 4 is 27.3 Å². The first-order chi connectivity index (χ1) is 9.90. The van der Waals surface area contributed by atoms with Gasteiger partial charge in [-0.25, -0.2) is 12.8 Å². The van der Waals surface area contributed by atoms with Crippen LogP contribution < -0.4 is 10.0 Å². The molecule has 0 fully saturated rings. The highest BCUT2D eigenvalue weighted by Gasteiger charge is 2.14. The Morgan fingerprint density at radius 2 is 1.81 bits per heavy atom. The molecule has 0 unspecified atom stereocenters. The summed E-state index contributed by atoms with van der Waals surface area (Å²) >= 11 is 5.70. The van der Waals surface area contributed by atoms with Gasteiger partial charge in [-0.3, -0.25) is 4.72 Å². The molecule has 0 saturated heterocycles. The molecule has 7 heteroatoms. The molecule has 0 aliphatic carbocycles. The number of halogens is 2. The van der Waals surface area contributed by atoms with E-state index in [2.05, 4.69) is 10.0 Å². The summed E-state index contributed by atoms with van der Waals surface area (Å²) in [6.45, 7) is 0.646. The summed E-state index contributed by atoms with van der Waals surface area (Å²) < 4.78 is 39.9. The molecular formula is C14H14ClFN2O2S. The Bertz CT molecular complexity index is 713. The van der Waals surface area contributed by atoms with Crippen LogP contribution in [0.1, 0.15) is 5.56 Å². The van der Waals surface area contributed by atoms with Gasteiger partial charge in [0.15, 0.2) is 0 Å². The fourth-order valence-corrected chi connectivity index (χ4v) is 3.08. The van der Waals surface area contributed by atoms with Gasteiger partial charge in [-0.2, -0.15) is 0 Å². The number of hydrogen-bond acceptors (Lipinski definition) is 3. The Labute approximate surface area is 128 Å². The highest BCUT2D eigenvalue weighted by molar-refractivity contribution is 7.92. The van der Waals surface area contributed by atoms with Gasteiger partial charge in [-0.15, -0.1) is 0 Å². The van der Waals surface area contributed by atoms with Crippen molar-refractivity contribution in [2.75, 3.05) is 11.8 Å². The van der Waals surface area contributed by atoms with E-state index in [1.54, 1.807) is 19.2 Å². The van der Waals surface area contributed by atoms with Gasteiger partial charge in [0.2, 0.25) is 0 Å². The molecule has 21 heavy (non-hydrogen) atoms. The van der Waals surface area contributed by atoms with E-state index in [-0.39, 0.29) is 15.6 Å². The third kappa shape index (κ3) is 4.17. The number of rotatable bonds is 5. The lowest BCUT2D eigenvalue weighted by Gasteiger charge is -2.09. The van der Waals surface area contributed by atoms with Gasteiger partial charge in [-0.05, 0) is 42.9 Å². The highest BCUT2D eigenvalue weighted by Crippen LogP contribution is 2.21. The maximum absolute atomic E-state index is 13.2. The van der Waals surface area contributed by atoms with Crippen molar-refractivity contribution in [1.29, 1.82) is 0 Å². The molecule has 4 nitrogen and oxygen atoms in total. The molecule has 112 valence electrons. The summed E-state index contributed by atoms with van der Waals surface area (Å²) in [5.74, 6) is -0.607. The summed E-state index contributed by atoms with van der Waals surface area (Å²) in [6, 6.07) is 9.93. The first kappa shape index (κ1) is 15.8. The molecule has 0 spiro atoms. The topological polar surface area (TPSA) is 58.2 Å². The molecule has 2 N–H and O–H groups in total. The van der Waals surface area contributed by atoms with Gasteiger partial charge in [0.05, 0.1) is 10.6 Å². The predicted molar refractivity (Wildman–Crippen MR) is 81.4 cm³/mol. The van der Waals surface area contributed by atoms with Gasteiger partial charge in [-0.1, -0.05) is 23.7 Å². The Hall–Kier alpha value is -1.63. The lowest BCUT2D eigenvalue weighted by molar-refractivity contribution is 0.601. The fraction of sp³-hybridized carbons (Fsp3) is 0.143. The van der Waals surface area contributed by atoms with E-state index in [1.807, 2.05) is 0 Å². The van der Waals surface area contributed by atoms with Crippen molar-refractivity contribution < 1.29 is 12.8 Å². The Morgan fingerprint density at radius 3 is 2.38 bits per heavy atom. The van der Waals surface area contributed by atoms with Gasteiger partial charge < -0.3 is 5.32 Å². The third-order valence-corrected chi connectivity index (χ3v) is 4.34. The minimum atomic E-state index is -3.77. The first-order valence-corrected chi connectivity index (χ1v) is 7.99. The SMILES string of the molecule is CNCc1ccc(S(=O)(=O)Nc2cc(F)cc(Cl)c2)cc1. The van der Waals surface area contributed by atoms with Gasteiger partial charge >= 0.3 is 0 Å². The zero-order valence-electron chi connectivity index (χ0n) is 11.2. The van der Waals surface area contributed by atoms with Crippen LogP contribution in [0.25, 0.3) is 0 Å². The van der Waals surface area contributed by atoms with Crippen LogP contribution in [-0.2, 0) is 16.6 Å². The highest BCUT2D eigenvalue weighted by atomic mass is 35.5.